The van der Waals surface area contributed by atoms with Crippen LogP contribution in [0.5, 0.6) is 5.75 Å². The normalized spacial score (nSPS) is 12.9. The lowest BCUT2D eigenvalue weighted by Gasteiger charge is -2.17. The standard InChI is InChI=1S/C15H23NO/c1-4-6-9-12-16-13(3)14-10-7-8-11-15(14)17-5-2/h4,6-8,10-11,13,16H,5,9,12H2,1-3H3/b6-4+. The third kappa shape index (κ3) is 4.61. The summed E-state index contributed by atoms with van der Waals surface area (Å²) in [5, 5.41) is 3.50. The van der Waals surface area contributed by atoms with Gasteiger partial charge in [-0.15, -0.1) is 0 Å². The van der Waals surface area contributed by atoms with E-state index in [-0.39, 0.29) is 0 Å². The van der Waals surface area contributed by atoms with Gasteiger partial charge in [-0.25, -0.2) is 0 Å². The molecule has 1 N–H and O–H groups in total. The molecule has 0 aromatic heterocycles. The zero-order valence-corrected chi connectivity index (χ0v) is 11.1. The molecule has 0 heterocycles. The minimum Gasteiger partial charge on any atom is -0.494 e. The van der Waals surface area contributed by atoms with Crippen molar-refractivity contribution in [2.24, 2.45) is 0 Å². The van der Waals surface area contributed by atoms with E-state index in [0.717, 1.165) is 18.7 Å². The lowest BCUT2D eigenvalue weighted by atomic mass is 10.1. The predicted octanol–water partition coefficient (Wildman–Crippen LogP) is 3.70. The first-order chi connectivity index (χ1) is 8.29. The van der Waals surface area contributed by atoms with Crippen LogP contribution in [0.4, 0.5) is 0 Å². The van der Waals surface area contributed by atoms with Crippen LogP contribution in [0.15, 0.2) is 36.4 Å². The molecular formula is C15H23NO. The Kier molecular flexibility index (Phi) is 6.41. The molecule has 94 valence electrons. The Morgan fingerprint density at radius 3 is 2.82 bits per heavy atom. The Bertz CT molecular complexity index is 347. The van der Waals surface area contributed by atoms with Gasteiger partial charge in [0.05, 0.1) is 6.61 Å². The molecule has 0 bridgehead atoms. The van der Waals surface area contributed by atoms with E-state index < -0.39 is 0 Å². The maximum absolute atomic E-state index is 5.63. The van der Waals surface area contributed by atoms with Gasteiger partial charge in [0.15, 0.2) is 0 Å². The molecule has 0 aliphatic rings. The first kappa shape index (κ1) is 13.8. The molecule has 0 aliphatic carbocycles. The highest BCUT2D eigenvalue weighted by molar-refractivity contribution is 5.35. The molecule has 1 unspecified atom stereocenters. The van der Waals surface area contributed by atoms with Crippen LogP contribution in [0.3, 0.4) is 0 Å². The maximum Gasteiger partial charge on any atom is 0.124 e. The van der Waals surface area contributed by atoms with Crippen molar-refractivity contribution < 1.29 is 4.74 Å². The van der Waals surface area contributed by atoms with Gasteiger partial charge in [-0.2, -0.15) is 0 Å². The molecule has 17 heavy (non-hydrogen) atoms. The number of allylic oxidation sites excluding steroid dienone is 1. The van der Waals surface area contributed by atoms with Crippen LogP contribution >= 0.6 is 0 Å². The van der Waals surface area contributed by atoms with Crippen LogP contribution in [-0.2, 0) is 0 Å². The van der Waals surface area contributed by atoms with Gasteiger partial charge in [-0.1, -0.05) is 30.4 Å². The second-order valence-electron chi connectivity index (χ2n) is 4.00. The molecule has 2 heteroatoms. The highest BCUT2D eigenvalue weighted by Gasteiger charge is 2.09. The van der Waals surface area contributed by atoms with Crippen molar-refractivity contribution in [3.05, 3.63) is 42.0 Å². The molecule has 0 aliphatic heterocycles. The molecule has 0 radical (unpaired) electrons. The fourth-order valence-electron chi connectivity index (χ4n) is 1.79. The SMILES string of the molecule is C/C=C/CCNC(C)c1ccccc1OCC. The van der Waals surface area contributed by atoms with Crippen molar-refractivity contribution >= 4 is 0 Å². The smallest absolute Gasteiger partial charge is 0.124 e. The maximum atomic E-state index is 5.63. The fourth-order valence-corrected chi connectivity index (χ4v) is 1.79. The summed E-state index contributed by atoms with van der Waals surface area (Å²) >= 11 is 0. The summed E-state index contributed by atoms with van der Waals surface area (Å²) in [6.07, 6.45) is 5.33. The minimum absolute atomic E-state index is 0.322. The number of hydrogen-bond donors (Lipinski definition) is 1. The monoisotopic (exact) mass is 233 g/mol. The topological polar surface area (TPSA) is 21.3 Å². The summed E-state index contributed by atoms with van der Waals surface area (Å²) < 4.78 is 5.63. The average Bonchev–Trinajstić information content (AvgIpc) is 2.35. The molecule has 1 aromatic carbocycles. The Balaban J connectivity index is 2.57. The van der Waals surface area contributed by atoms with Crippen molar-refractivity contribution in [1.29, 1.82) is 0 Å². The average molecular weight is 233 g/mol. The molecule has 0 amide bonds. The van der Waals surface area contributed by atoms with E-state index in [1.165, 1.54) is 5.56 Å². The van der Waals surface area contributed by atoms with Crippen LogP contribution < -0.4 is 10.1 Å². The van der Waals surface area contributed by atoms with E-state index in [2.05, 4.69) is 36.5 Å². The Labute approximate surface area is 105 Å². The zero-order chi connectivity index (χ0) is 12.5. The van der Waals surface area contributed by atoms with Gasteiger partial charge in [0.1, 0.15) is 5.75 Å². The van der Waals surface area contributed by atoms with Crippen LogP contribution in [-0.4, -0.2) is 13.2 Å². The molecule has 0 spiro atoms. The van der Waals surface area contributed by atoms with Crippen molar-refractivity contribution in [3.8, 4) is 5.75 Å². The molecule has 1 rings (SSSR count). The lowest BCUT2D eigenvalue weighted by Crippen LogP contribution is -2.20. The molecule has 2 nitrogen and oxygen atoms in total. The second-order valence-corrected chi connectivity index (χ2v) is 4.00. The van der Waals surface area contributed by atoms with Gasteiger partial charge >= 0.3 is 0 Å². The number of ether oxygens (including phenoxy) is 1. The van der Waals surface area contributed by atoms with Crippen molar-refractivity contribution in [2.45, 2.75) is 33.2 Å². The number of rotatable bonds is 7. The summed E-state index contributed by atoms with van der Waals surface area (Å²) in [6.45, 7) is 7.94. The van der Waals surface area contributed by atoms with Crippen LogP contribution in [0, 0.1) is 0 Å². The fraction of sp³-hybridized carbons (Fsp3) is 0.467. The molecule has 1 aromatic rings. The molecule has 0 fully saturated rings. The van der Waals surface area contributed by atoms with Gasteiger partial charge in [0.25, 0.3) is 0 Å². The molecule has 0 saturated carbocycles. The van der Waals surface area contributed by atoms with E-state index in [1.54, 1.807) is 0 Å². The van der Waals surface area contributed by atoms with E-state index in [1.807, 2.05) is 26.0 Å². The van der Waals surface area contributed by atoms with Gasteiger partial charge in [0.2, 0.25) is 0 Å². The highest BCUT2D eigenvalue weighted by Crippen LogP contribution is 2.24. The number of nitrogens with one attached hydrogen (secondary N) is 1. The second kappa shape index (κ2) is 7.91. The van der Waals surface area contributed by atoms with E-state index >= 15 is 0 Å². The third-order valence-corrected chi connectivity index (χ3v) is 2.68. The van der Waals surface area contributed by atoms with Crippen LogP contribution in [0.2, 0.25) is 0 Å². The molecule has 1 atom stereocenters. The van der Waals surface area contributed by atoms with Gasteiger partial charge in [-0.3, -0.25) is 0 Å². The highest BCUT2D eigenvalue weighted by atomic mass is 16.5. The first-order valence-electron chi connectivity index (χ1n) is 6.35. The molecular weight excluding hydrogens is 210 g/mol. The van der Waals surface area contributed by atoms with E-state index in [0.29, 0.717) is 12.6 Å². The number of benzene rings is 1. The Morgan fingerprint density at radius 2 is 2.12 bits per heavy atom. The summed E-state index contributed by atoms with van der Waals surface area (Å²) in [4.78, 5) is 0. The molecule has 0 saturated heterocycles. The quantitative estimate of drug-likeness (QED) is 0.572. The van der Waals surface area contributed by atoms with E-state index in [4.69, 9.17) is 4.74 Å². The van der Waals surface area contributed by atoms with Crippen LogP contribution in [0.25, 0.3) is 0 Å². The summed E-state index contributed by atoms with van der Waals surface area (Å²) in [6, 6.07) is 8.55. The van der Waals surface area contributed by atoms with Crippen molar-refractivity contribution in [1.82, 2.24) is 5.32 Å². The number of hydrogen-bond acceptors (Lipinski definition) is 2. The predicted molar refractivity (Wildman–Crippen MR) is 73.5 cm³/mol. The number of para-hydroxylation sites is 1. The largest absolute Gasteiger partial charge is 0.494 e. The van der Waals surface area contributed by atoms with Crippen molar-refractivity contribution in [2.75, 3.05) is 13.2 Å². The van der Waals surface area contributed by atoms with Gasteiger partial charge < -0.3 is 10.1 Å². The Hall–Kier alpha value is -1.28. The third-order valence-electron chi connectivity index (χ3n) is 2.68. The van der Waals surface area contributed by atoms with Gasteiger partial charge in [-0.05, 0) is 39.8 Å². The van der Waals surface area contributed by atoms with Gasteiger partial charge in [0, 0.05) is 11.6 Å². The zero-order valence-electron chi connectivity index (χ0n) is 11.1. The summed E-state index contributed by atoms with van der Waals surface area (Å²) in [7, 11) is 0. The Morgan fingerprint density at radius 1 is 1.35 bits per heavy atom. The lowest BCUT2D eigenvalue weighted by molar-refractivity contribution is 0.332. The first-order valence-corrected chi connectivity index (χ1v) is 6.35. The minimum atomic E-state index is 0.322. The van der Waals surface area contributed by atoms with Crippen LogP contribution in [0.1, 0.15) is 38.8 Å². The van der Waals surface area contributed by atoms with E-state index in [9.17, 15) is 0 Å². The van der Waals surface area contributed by atoms with Crippen molar-refractivity contribution in [3.63, 3.8) is 0 Å². The summed E-state index contributed by atoms with van der Waals surface area (Å²) in [5.74, 6) is 0.987. The summed E-state index contributed by atoms with van der Waals surface area (Å²) in [5.41, 5.74) is 1.23.